The van der Waals surface area contributed by atoms with E-state index in [-0.39, 0.29) is 12.1 Å². The molecule has 0 aliphatic heterocycles. The highest BCUT2D eigenvalue weighted by Gasteiger charge is 2.20. The Balaban J connectivity index is 2.08. The lowest BCUT2D eigenvalue weighted by Crippen LogP contribution is -2.39. The molecule has 3 aromatic heterocycles. The number of nitrogens with zero attached hydrogens (tertiary/aromatic N) is 4. The van der Waals surface area contributed by atoms with Crippen LogP contribution in [0.4, 0.5) is 0 Å². The van der Waals surface area contributed by atoms with Gasteiger partial charge in [-0.1, -0.05) is 29.8 Å². The third kappa shape index (κ3) is 2.16. The summed E-state index contributed by atoms with van der Waals surface area (Å²) in [5.41, 5.74) is 2.46. The van der Waals surface area contributed by atoms with Gasteiger partial charge in [0, 0.05) is 23.5 Å². The predicted octanol–water partition coefficient (Wildman–Crippen LogP) is 1.99. The molecule has 0 atom stereocenters. The molecule has 4 aromatic rings. The molecule has 0 spiro atoms. The van der Waals surface area contributed by atoms with Crippen molar-refractivity contribution in [1.82, 2.24) is 23.5 Å². The number of hydrogen-bond donors (Lipinski definition) is 1. The van der Waals surface area contributed by atoms with Crippen molar-refractivity contribution < 1.29 is 0 Å². The zero-order valence-electron chi connectivity index (χ0n) is 14.0. The molecular weight excluding hydrogens is 342 g/mol. The van der Waals surface area contributed by atoms with Gasteiger partial charge in [-0.15, -0.1) is 0 Å². The molecule has 0 bridgehead atoms. The second-order valence-electron chi connectivity index (χ2n) is 6.10. The van der Waals surface area contributed by atoms with E-state index in [1.54, 1.807) is 23.6 Å². The number of fused-ring (bicyclic) bond motifs is 3. The lowest BCUT2D eigenvalue weighted by atomic mass is 10.2. The molecule has 3 heterocycles. The maximum atomic E-state index is 13.1. The summed E-state index contributed by atoms with van der Waals surface area (Å²) < 4.78 is 4.35. The number of aromatic nitrogens is 5. The van der Waals surface area contributed by atoms with Crippen molar-refractivity contribution in [3.8, 4) is 0 Å². The van der Waals surface area contributed by atoms with Crippen molar-refractivity contribution in [3.63, 3.8) is 0 Å². The van der Waals surface area contributed by atoms with Gasteiger partial charge in [-0.05, 0) is 25.5 Å². The van der Waals surface area contributed by atoms with E-state index in [1.165, 1.54) is 9.13 Å². The number of imidazole rings is 2. The number of rotatable bonds is 2. The van der Waals surface area contributed by atoms with Gasteiger partial charge in [0.05, 0.1) is 6.54 Å². The monoisotopic (exact) mass is 357 g/mol. The van der Waals surface area contributed by atoms with Gasteiger partial charge in [0.15, 0.2) is 11.2 Å². The molecule has 1 N–H and O–H groups in total. The molecular formula is C17H16ClN5O2. The number of aromatic amines is 1. The molecule has 0 saturated carbocycles. The largest absolute Gasteiger partial charge is 0.332 e. The Morgan fingerprint density at radius 3 is 2.64 bits per heavy atom. The van der Waals surface area contributed by atoms with E-state index in [1.807, 2.05) is 26.0 Å². The van der Waals surface area contributed by atoms with Crippen LogP contribution in [0.25, 0.3) is 16.9 Å². The first kappa shape index (κ1) is 15.7. The van der Waals surface area contributed by atoms with Crippen LogP contribution in [-0.4, -0.2) is 23.5 Å². The molecule has 8 heteroatoms. The second kappa shape index (κ2) is 5.35. The zero-order chi connectivity index (χ0) is 17.9. The van der Waals surface area contributed by atoms with Gasteiger partial charge < -0.3 is 4.98 Å². The highest BCUT2D eigenvalue weighted by molar-refractivity contribution is 6.31. The number of halogens is 1. The maximum Gasteiger partial charge on any atom is 0.332 e. The van der Waals surface area contributed by atoms with Crippen LogP contribution in [0.1, 0.15) is 17.0 Å². The average molecular weight is 358 g/mol. The molecule has 0 radical (unpaired) electrons. The van der Waals surface area contributed by atoms with Crippen LogP contribution < -0.4 is 11.2 Å². The molecule has 25 heavy (non-hydrogen) atoms. The second-order valence-corrected chi connectivity index (χ2v) is 6.51. The first-order valence-electron chi connectivity index (χ1n) is 7.80. The minimum absolute atomic E-state index is 0.108. The first-order valence-corrected chi connectivity index (χ1v) is 8.18. The van der Waals surface area contributed by atoms with Crippen LogP contribution in [0.2, 0.25) is 5.02 Å². The lowest BCUT2D eigenvalue weighted by molar-refractivity contribution is 0.656. The van der Waals surface area contributed by atoms with Gasteiger partial charge in [0.25, 0.3) is 5.56 Å². The molecule has 0 saturated heterocycles. The van der Waals surface area contributed by atoms with Crippen molar-refractivity contribution >= 4 is 28.5 Å². The number of hydrogen-bond acceptors (Lipinski definition) is 3. The minimum Gasteiger partial charge on any atom is -0.327 e. The van der Waals surface area contributed by atoms with Gasteiger partial charge in [-0.3, -0.25) is 18.3 Å². The van der Waals surface area contributed by atoms with Gasteiger partial charge >= 0.3 is 5.69 Å². The number of H-pyrrole nitrogens is 1. The standard InChI is InChI=1S/C17H16ClN5O2/c1-9-10(2)23-13-14(20-16(23)19-9)21(3)17(25)22(15(13)24)8-11-6-4-5-7-12(11)18/h4-7H,8H2,1-3H3,(H,19,20). The summed E-state index contributed by atoms with van der Waals surface area (Å²) in [7, 11) is 1.61. The summed E-state index contributed by atoms with van der Waals surface area (Å²) in [6.45, 7) is 3.93. The molecule has 128 valence electrons. The van der Waals surface area contributed by atoms with Crippen LogP contribution in [-0.2, 0) is 13.6 Å². The van der Waals surface area contributed by atoms with Crippen LogP contribution in [0, 0.1) is 13.8 Å². The fraction of sp³-hybridized carbons (Fsp3) is 0.235. The predicted molar refractivity (Wildman–Crippen MR) is 96.6 cm³/mol. The van der Waals surface area contributed by atoms with Crippen molar-refractivity contribution in [1.29, 1.82) is 0 Å². The molecule has 1 aromatic carbocycles. The summed E-state index contributed by atoms with van der Waals surface area (Å²) in [5, 5.41) is 0.517. The van der Waals surface area contributed by atoms with Crippen LogP contribution in [0.3, 0.4) is 0 Å². The number of benzene rings is 1. The third-order valence-corrected chi connectivity index (χ3v) is 4.97. The first-order chi connectivity index (χ1) is 11.9. The van der Waals surface area contributed by atoms with E-state index < -0.39 is 5.69 Å². The van der Waals surface area contributed by atoms with Crippen molar-refractivity contribution in [2.75, 3.05) is 0 Å². The van der Waals surface area contributed by atoms with Gasteiger partial charge in [0.2, 0.25) is 5.78 Å². The van der Waals surface area contributed by atoms with Crippen LogP contribution in [0.5, 0.6) is 0 Å². The Labute approximate surface area is 147 Å². The molecule has 0 unspecified atom stereocenters. The van der Waals surface area contributed by atoms with Gasteiger partial charge in [-0.2, -0.15) is 4.98 Å². The summed E-state index contributed by atoms with van der Waals surface area (Å²) in [4.78, 5) is 33.3. The fourth-order valence-electron chi connectivity index (χ4n) is 3.09. The molecule has 4 rings (SSSR count). The van der Waals surface area contributed by atoms with E-state index in [4.69, 9.17) is 11.6 Å². The smallest absolute Gasteiger partial charge is 0.327 e. The lowest BCUT2D eigenvalue weighted by Gasteiger charge is -2.09. The number of nitrogens with one attached hydrogen (secondary N) is 1. The quantitative estimate of drug-likeness (QED) is 0.596. The molecule has 7 nitrogen and oxygen atoms in total. The van der Waals surface area contributed by atoms with Crippen molar-refractivity contribution in [3.05, 3.63) is 67.1 Å². The van der Waals surface area contributed by atoms with E-state index >= 15 is 0 Å². The van der Waals surface area contributed by atoms with Crippen LogP contribution >= 0.6 is 11.6 Å². The molecule has 0 aliphatic rings. The van der Waals surface area contributed by atoms with Crippen molar-refractivity contribution in [2.45, 2.75) is 20.4 Å². The zero-order valence-corrected chi connectivity index (χ0v) is 14.8. The Kier molecular flexibility index (Phi) is 3.36. The highest BCUT2D eigenvalue weighted by atomic mass is 35.5. The molecule has 0 aliphatic carbocycles. The van der Waals surface area contributed by atoms with Crippen LogP contribution in [0.15, 0.2) is 33.9 Å². The van der Waals surface area contributed by atoms with E-state index in [9.17, 15) is 9.59 Å². The Hall–Kier alpha value is -2.80. The summed E-state index contributed by atoms with van der Waals surface area (Å²) in [6.07, 6.45) is 0. The average Bonchev–Trinajstić information content (AvgIpc) is 3.08. The van der Waals surface area contributed by atoms with Crippen molar-refractivity contribution in [2.24, 2.45) is 7.05 Å². The number of aryl methyl sites for hydroxylation is 3. The van der Waals surface area contributed by atoms with E-state index in [0.717, 1.165) is 11.4 Å². The van der Waals surface area contributed by atoms with E-state index in [2.05, 4.69) is 9.97 Å². The SMILES string of the molecule is Cc1[nH]c2nc3c(c(=O)n(Cc4ccccc4Cl)c(=O)n3C)n2c1C. The molecule has 0 amide bonds. The maximum absolute atomic E-state index is 13.1. The third-order valence-electron chi connectivity index (χ3n) is 4.61. The topological polar surface area (TPSA) is 77.1 Å². The highest BCUT2D eigenvalue weighted by Crippen LogP contribution is 2.18. The Morgan fingerprint density at radius 2 is 1.92 bits per heavy atom. The Morgan fingerprint density at radius 1 is 1.20 bits per heavy atom. The summed E-state index contributed by atoms with van der Waals surface area (Å²) in [5.74, 6) is 0.549. The summed E-state index contributed by atoms with van der Waals surface area (Å²) in [6, 6.07) is 7.17. The van der Waals surface area contributed by atoms with Gasteiger partial charge in [-0.25, -0.2) is 4.79 Å². The van der Waals surface area contributed by atoms with Gasteiger partial charge in [0.1, 0.15) is 0 Å². The summed E-state index contributed by atoms with van der Waals surface area (Å²) >= 11 is 6.19. The minimum atomic E-state index is -0.424. The normalized spacial score (nSPS) is 11.7. The molecule has 0 fully saturated rings. The van der Waals surface area contributed by atoms with E-state index in [0.29, 0.717) is 27.5 Å². The Bertz CT molecular complexity index is 1260. The fourth-order valence-corrected chi connectivity index (χ4v) is 3.29.